The summed E-state index contributed by atoms with van der Waals surface area (Å²) in [5.41, 5.74) is 4.60. The van der Waals surface area contributed by atoms with Crippen molar-refractivity contribution in [3.05, 3.63) is 65.0 Å². The molecule has 0 N–H and O–H groups in total. The summed E-state index contributed by atoms with van der Waals surface area (Å²) < 4.78 is 0. The van der Waals surface area contributed by atoms with Crippen LogP contribution in [-0.4, -0.2) is 30.0 Å². The average molecular weight is 321 g/mol. The summed E-state index contributed by atoms with van der Waals surface area (Å²) in [4.78, 5) is 13.0. The lowest BCUT2D eigenvalue weighted by Gasteiger charge is -2.13. The van der Waals surface area contributed by atoms with Crippen LogP contribution >= 0.6 is 0 Å². The van der Waals surface area contributed by atoms with Crippen LogP contribution in [0.3, 0.4) is 0 Å². The van der Waals surface area contributed by atoms with E-state index in [1.807, 2.05) is 18.6 Å². The summed E-state index contributed by atoms with van der Waals surface area (Å²) in [5.74, 6) is 0.435. The fourth-order valence-electron chi connectivity index (χ4n) is 2.52. The Labute approximate surface area is 145 Å². The highest BCUT2D eigenvalue weighted by molar-refractivity contribution is 5.79. The monoisotopic (exact) mass is 321 g/mol. The second kappa shape index (κ2) is 8.00. The minimum Gasteiger partial charge on any atom is -0.296 e. The first kappa shape index (κ1) is 18.1. The lowest BCUT2D eigenvalue weighted by atomic mass is 9.93. The van der Waals surface area contributed by atoms with E-state index in [9.17, 15) is 0 Å². The molecule has 0 amide bonds. The molecule has 0 aliphatic carbocycles. The van der Waals surface area contributed by atoms with Crippen LogP contribution in [0.2, 0.25) is 0 Å². The zero-order valence-electron chi connectivity index (χ0n) is 15.3. The fourth-order valence-corrected chi connectivity index (χ4v) is 2.52. The van der Waals surface area contributed by atoms with Gasteiger partial charge in [0.1, 0.15) is 0 Å². The maximum Gasteiger partial charge on any atom is 0.0810 e. The lowest BCUT2D eigenvalue weighted by molar-refractivity contribution is 0.586. The summed E-state index contributed by atoms with van der Waals surface area (Å²) in [7, 11) is 1.80. The van der Waals surface area contributed by atoms with Gasteiger partial charge < -0.3 is 0 Å². The molecule has 0 bridgehead atoms. The molecular formula is C21H27N3. The van der Waals surface area contributed by atoms with E-state index >= 15 is 0 Å². The van der Waals surface area contributed by atoms with Gasteiger partial charge in [0.05, 0.1) is 11.2 Å². The molecule has 0 saturated carbocycles. The minimum atomic E-state index is -0.0771. The number of hydrogen-bond donors (Lipinski definition) is 0. The third-order valence-corrected chi connectivity index (χ3v) is 3.73. The molecule has 1 aromatic carbocycles. The van der Waals surface area contributed by atoms with Gasteiger partial charge in [-0.25, -0.2) is 0 Å². The predicted molar refractivity (Wildman–Crippen MR) is 104 cm³/mol. The number of aromatic nitrogens is 1. The number of benzene rings is 1. The highest BCUT2D eigenvalue weighted by atomic mass is 14.8. The highest BCUT2D eigenvalue weighted by Crippen LogP contribution is 2.21. The predicted octanol–water partition coefficient (Wildman–Crippen LogP) is 4.69. The molecule has 2 rings (SSSR count). The summed E-state index contributed by atoms with van der Waals surface area (Å²) >= 11 is 0. The van der Waals surface area contributed by atoms with Gasteiger partial charge in [0.25, 0.3) is 0 Å². The third-order valence-electron chi connectivity index (χ3n) is 3.73. The second-order valence-corrected chi connectivity index (χ2v) is 7.18. The molecule has 0 aliphatic heterocycles. The highest BCUT2D eigenvalue weighted by Gasteiger charge is 2.09. The first-order chi connectivity index (χ1) is 11.4. The van der Waals surface area contributed by atoms with Crippen molar-refractivity contribution in [2.75, 3.05) is 7.05 Å². The number of rotatable bonds is 5. The molecule has 0 spiro atoms. The molecule has 3 heteroatoms. The van der Waals surface area contributed by atoms with Crippen molar-refractivity contribution >= 4 is 12.4 Å². The molecule has 3 nitrogen and oxygen atoms in total. The van der Waals surface area contributed by atoms with Crippen LogP contribution in [-0.2, 0) is 6.42 Å². The van der Waals surface area contributed by atoms with Crippen molar-refractivity contribution in [2.24, 2.45) is 9.98 Å². The second-order valence-electron chi connectivity index (χ2n) is 7.18. The van der Waals surface area contributed by atoms with E-state index in [1.165, 1.54) is 11.1 Å². The lowest BCUT2D eigenvalue weighted by Crippen LogP contribution is -2.10. The maximum atomic E-state index is 4.54. The van der Waals surface area contributed by atoms with Gasteiger partial charge in [-0.15, -0.1) is 0 Å². The van der Waals surface area contributed by atoms with E-state index in [-0.39, 0.29) is 5.54 Å². The Morgan fingerprint density at radius 1 is 1.12 bits per heavy atom. The molecular weight excluding hydrogens is 294 g/mol. The minimum absolute atomic E-state index is 0.0771. The van der Waals surface area contributed by atoms with Gasteiger partial charge in [0, 0.05) is 25.7 Å². The molecule has 2 aromatic rings. The van der Waals surface area contributed by atoms with Crippen molar-refractivity contribution in [2.45, 2.75) is 45.6 Å². The van der Waals surface area contributed by atoms with E-state index in [2.05, 4.69) is 79.1 Å². The molecule has 126 valence electrons. The smallest absolute Gasteiger partial charge is 0.0810 e. The maximum absolute atomic E-state index is 4.54. The van der Waals surface area contributed by atoms with Gasteiger partial charge in [0.2, 0.25) is 0 Å². The van der Waals surface area contributed by atoms with Crippen LogP contribution in [0.5, 0.6) is 0 Å². The first-order valence-electron chi connectivity index (χ1n) is 8.39. The van der Waals surface area contributed by atoms with Crippen LogP contribution in [0, 0.1) is 0 Å². The normalized spacial score (nSPS) is 13.7. The summed E-state index contributed by atoms with van der Waals surface area (Å²) in [5, 5.41) is 0. The van der Waals surface area contributed by atoms with Crippen LogP contribution in [0.4, 0.5) is 0 Å². The molecule has 0 fully saturated rings. The Kier molecular flexibility index (Phi) is 6.02. The number of nitrogens with zero attached hydrogens (tertiary/aromatic N) is 3. The summed E-state index contributed by atoms with van der Waals surface area (Å²) in [6.07, 6.45) is 6.61. The zero-order valence-corrected chi connectivity index (χ0v) is 15.3. The SMILES string of the molecule is C/N=C/c1cccc(C(C)Cc2ccnc(/C=N/C(C)(C)C)c2)c1. The molecule has 1 heterocycles. The van der Waals surface area contributed by atoms with E-state index in [0.29, 0.717) is 5.92 Å². The number of pyridine rings is 1. The van der Waals surface area contributed by atoms with Gasteiger partial charge in [0.15, 0.2) is 0 Å². The Morgan fingerprint density at radius 3 is 2.62 bits per heavy atom. The van der Waals surface area contributed by atoms with E-state index in [0.717, 1.165) is 17.7 Å². The van der Waals surface area contributed by atoms with Gasteiger partial charge in [-0.1, -0.05) is 25.1 Å². The third kappa shape index (κ3) is 5.73. The average Bonchev–Trinajstić information content (AvgIpc) is 2.53. The molecule has 1 unspecified atom stereocenters. The standard InChI is InChI=1S/C21H27N3/c1-16(19-8-6-7-18(12-19)14-22-5)11-17-9-10-23-20(13-17)15-24-21(2,3)4/h6-10,12-16H,11H2,1-5H3/b22-14+,24-15+. The van der Waals surface area contributed by atoms with Gasteiger partial charge in [-0.3, -0.25) is 15.0 Å². The molecule has 24 heavy (non-hydrogen) atoms. The summed E-state index contributed by atoms with van der Waals surface area (Å²) in [6, 6.07) is 12.8. The van der Waals surface area contributed by atoms with Crippen LogP contribution in [0.15, 0.2) is 52.6 Å². The van der Waals surface area contributed by atoms with Crippen LogP contribution in [0.1, 0.15) is 56.0 Å². The van der Waals surface area contributed by atoms with Crippen molar-refractivity contribution in [3.63, 3.8) is 0 Å². The zero-order chi connectivity index (χ0) is 17.6. The Balaban J connectivity index is 2.13. The molecule has 1 atom stereocenters. The Morgan fingerprint density at radius 2 is 1.92 bits per heavy atom. The topological polar surface area (TPSA) is 37.6 Å². The summed E-state index contributed by atoms with van der Waals surface area (Å²) in [6.45, 7) is 8.51. The molecule has 0 aliphatic rings. The Bertz CT molecular complexity index is 724. The first-order valence-corrected chi connectivity index (χ1v) is 8.39. The van der Waals surface area contributed by atoms with Crippen molar-refractivity contribution in [1.29, 1.82) is 0 Å². The van der Waals surface area contributed by atoms with Crippen molar-refractivity contribution in [1.82, 2.24) is 4.98 Å². The largest absolute Gasteiger partial charge is 0.296 e. The molecule has 0 saturated heterocycles. The van der Waals surface area contributed by atoms with Gasteiger partial charge in [-0.05, 0) is 68.0 Å². The van der Waals surface area contributed by atoms with E-state index in [4.69, 9.17) is 0 Å². The van der Waals surface area contributed by atoms with Crippen LogP contribution < -0.4 is 0 Å². The Hall–Kier alpha value is -2.29. The number of hydrogen-bond acceptors (Lipinski definition) is 3. The van der Waals surface area contributed by atoms with Gasteiger partial charge >= 0.3 is 0 Å². The molecule has 0 radical (unpaired) electrons. The van der Waals surface area contributed by atoms with Crippen molar-refractivity contribution in [3.8, 4) is 0 Å². The quantitative estimate of drug-likeness (QED) is 0.736. The number of aliphatic imine (C=N–C) groups is 2. The van der Waals surface area contributed by atoms with Gasteiger partial charge in [-0.2, -0.15) is 0 Å². The van der Waals surface area contributed by atoms with Crippen molar-refractivity contribution < 1.29 is 0 Å². The van der Waals surface area contributed by atoms with Crippen LogP contribution in [0.25, 0.3) is 0 Å². The molecule has 1 aromatic heterocycles. The van der Waals surface area contributed by atoms with E-state index < -0.39 is 0 Å². The van der Waals surface area contributed by atoms with E-state index in [1.54, 1.807) is 7.05 Å². The fraction of sp³-hybridized carbons (Fsp3) is 0.381.